The number of carbonyl (C=O) groups is 1. The van der Waals surface area contributed by atoms with Crippen LogP contribution in [-0.4, -0.2) is 68.3 Å². The van der Waals surface area contributed by atoms with E-state index in [0.717, 1.165) is 32.6 Å². The maximum absolute atomic E-state index is 12.1. The summed E-state index contributed by atoms with van der Waals surface area (Å²) in [6, 6.07) is 0.507. The van der Waals surface area contributed by atoms with Crippen LogP contribution in [0.1, 0.15) is 6.42 Å². The average Bonchev–Trinajstić information content (AvgIpc) is 2.82. The third-order valence-corrected chi connectivity index (χ3v) is 3.17. The van der Waals surface area contributed by atoms with Gasteiger partial charge in [0.1, 0.15) is 0 Å². The summed E-state index contributed by atoms with van der Waals surface area (Å²) in [6.45, 7) is 4.73. The molecule has 1 atom stereocenters. The minimum atomic E-state index is 0.145. The van der Waals surface area contributed by atoms with E-state index in [-0.39, 0.29) is 6.03 Å². The Labute approximate surface area is 90.4 Å². The van der Waals surface area contributed by atoms with Crippen LogP contribution in [0, 0.1) is 0 Å². The lowest BCUT2D eigenvalue weighted by Gasteiger charge is -2.33. The first-order chi connectivity index (χ1) is 7.29. The fraction of sp³-hybridized carbons (Fsp3) is 0.900. The molecule has 0 radical (unpaired) electrons. The second-order valence-corrected chi connectivity index (χ2v) is 4.14. The van der Waals surface area contributed by atoms with Gasteiger partial charge in [-0.3, -0.25) is 0 Å². The molecule has 0 spiro atoms. The molecule has 0 saturated carbocycles. The Morgan fingerprint density at radius 2 is 2.20 bits per heavy atom. The Hall–Kier alpha value is -0.810. The zero-order valence-corrected chi connectivity index (χ0v) is 9.24. The van der Waals surface area contributed by atoms with E-state index in [0.29, 0.717) is 19.3 Å². The Bertz CT molecular complexity index is 223. The van der Waals surface area contributed by atoms with Crippen molar-refractivity contribution >= 4 is 6.03 Å². The first kappa shape index (κ1) is 10.7. The highest BCUT2D eigenvalue weighted by Crippen LogP contribution is 2.10. The predicted molar refractivity (Wildman–Crippen MR) is 56.8 cm³/mol. The Morgan fingerprint density at radius 3 is 2.80 bits per heavy atom. The molecule has 5 nitrogen and oxygen atoms in total. The molecule has 15 heavy (non-hydrogen) atoms. The number of ether oxygens (including phenoxy) is 1. The highest BCUT2D eigenvalue weighted by molar-refractivity contribution is 5.74. The number of urea groups is 1. The number of hydrogen-bond acceptors (Lipinski definition) is 3. The van der Waals surface area contributed by atoms with E-state index in [1.165, 1.54) is 0 Å². The van der Waals surface area contributed by atoms with E-state index in [9.17, 15) is 4.79 Å². The lowest BCUT2D eigenvalue weighted by Crippen LogP contribution is -2.50. The summed E-state index contributed by atoms with van der Waals surface area (Å²) < 4.78 is 5.23. The van der Waals surface area contributed by atoms with Gasteiger partial charge in [0, 0.05) is 32.7 Å². The lowest BCUT2D eigenvalue weighted by molar-refractivity contribution is 0.0427. The molecule has 5 heteroatoms. The summed E-state index contributed by atoms with van der Waals surface area (Å²) in [4.78, 5) is 15.8. The van der Waals surface area contributed by atoms with Crippen LogP contribution in [0.5, 0.6) is 0 Å². The summed E-state index contributed by atoms with van der Waals surface area (Å²) in [6.07, 6.45) is 1.06. The molecular weight excluding hydrogens is 194 g/mol. The van der Waals surface area contributed by atoms with Crippen molar-refractivity contribution in [3.8, 4) is 0 Å². The van der Waals surface area contributed by atoms with Gasteiger partial charge in [-0.25, -0.2) is 4.79 Å². The summed E-state index contributed by atoms with van der Waals surface area (Å²) in [7, 11) is 1.90. The minimum absolute atomic E-state index is 0.145. The molecule has 0 unspecified atom stereocenters. The third kappa shape index (κ3) is 2.41. The number of amides is 2. The standard InChI is InChI=1S/C10H19N3O2/c1-12(9-2-3-11-8-9)10(14)13-4-6-15-7-5-13/h9,11H,2-8H2,1H3/t9-/m1/s1. The fourth-order valence-electron chi connectivity index (χ4n) is 2.10. The van der Waals surface area contributed by atoms with E-state index in [1.54, 1.807) is 0 Å². The number of hydrogen-bond donors (Lipinski definition) is 1. The Kier molecular flexibility index (Phi) is 3.43. The normalized spacial score (nSPS) is 26.7. The number of nitrogens with zero attached hydrogens (tertiary/aromatic N) is 2. The number of carbonyl (C=O) groups excluding carboxylic acids is 1. The van der Waals surface area contributed by atoms with E-state index in [4.69, 9.17) is 4.74 Å². The topological polar surface area (TPSA) is 44.8 Å². The second-order valence-electron chi connectivity index (χ2n) is 4.14. The van der Waals surface area contributed by atoms with Crippen LogP contribution >= 0.6 is 0 Å². The summed E-state index contributed by atoms with van der Waals surface area (Å²) >= 11 is 0. The van der Waals surface area contributed by atoms with Gasteiger partial charge in [-0.1, -0.05) is 0 Å². The summed E-state index contributed by atoms with van der Waals surface area (Å²) in [5.74, 6) is 0. The highest BCUT2D eigenvalue weighted by atomic mass is 16.5. The molecule has 0 bridgehead atoms. The SMILES string of the molecule is CN(C(=O)N1CCOCC1)[C@@H]1CCNC1. The van der Waals surface area contributed by atoms with Crippen LogP contribution < -0.4 is 5.32 Å². The van der Waals surface area contributed by atoms with Crippen LogP contribution in [0.4, 0.5) is 4.79 Å². The molecule has 2 fully saturated rings. The molecule has 0 aromatic heterocycles. The number of nitrogens with one attached hydrogen (secondary N) is 1. The van der Waals surface area contributed by atoms with Crippen molar-refractivity contribution in [2.24, 2.45) is 0 Å². The molecule has 0 aromatic rings. The zero-order valence-electron chi connectivity index (χ0n) is 9.24. The smallest absolute Gasteiger partial charge is 0.320 e. The van der Waals surface area contributed by atoms with Crippen molar-refractivity contribution < 1.29 is 9.53 Å². The quantitative estimate of drug-likeness (QED) is 0.652. The molecule has 2 rings (SSSR count). The first-order valence-corrected chi connectivity index (χ1v) is 5.59. The first-order valence-electron chi connectivity index (χ1n) is 5.59. The van der Waals surface area contributed by atoms with Gasteiger partial charge in [0.15, 0.2) is 0 Å². The third-order valence-electron chi connectivity index (χ3n) is 3.17. The maximum atomic E-state index is 12.1. The number of likely N-dealkylation sites (N-methyl/N-ethyl adjacent to an activating group) is 1. The lowest BCUT2D eigenvalue weighted by atomic mass is 10.2. The van der Waals surface area contributed by atoms with Crippen molar-refractivity contribution in [3.05, 3.63) is 0 Å². The van der Waals surface area contributed by atoms with E-state index in [2.05, 4.69) is 5.32 Å². The molecule has 0 aromatic carbocycles. The van der Waals surface area contributed by atoms with E-state index < -0.39 is 0 Å². The predicted octanol–water partition coefficient (Wildman–Crippen LogP) is -0.268. The average molecular weight is 213 g/mol. The monoisotopic (exact) mass is 213 g/mol. The van der Waals surface area contributed by atoms with Gasteiger partial charge in [-0.15, -0.1) is 0 Å². The van der Waals surface area contributed by atoms with Gasteiger partial charge in [0.05, 0.1) is 13.2 Å². The van der Waals surface area contributed by atoms with Gasteiger partial charge in [-0.05, 0) is 13.0 Å². The molecule has 2 aliphatic heterocycles. The van der Waals surface area contributed by atoms with Crippen molar-refractivity contribution in [2.75, 3.05) is 46.4 Å². The van der Waals surface area contributed by atoms with Crippen LogP contribution in [0.2, 0.25) is 0 Å². The minimum Gasteiger partial charge on any atom is -0.378 e. The van der Waals surface area contributed by atoms with Crippen molar-refractivity contribution in [1.82, 2.24) is 15.1 Å². The van der Waals surface area contributed by atoms with Crippen LogP contribution in [0.15, 0.2) is 0 Å². The number of rotatable bonds is 1. The Morgan fingerprint density at radius 1 is 1.47 bits per heavy atom. The summed E-state index contributed by atoms with van der Waals surface area (Å²) in [5.41, 5.74) is 0. The van der Waals surface area contributed by atoms with E-state index in [1.807, 2.05) is 16.8 Å². The Balaban J connectivity index is 1.87. The van der Waals surface area contributed by atoms with Crippen molar-refractivity contribution in [3.63, 3.8) is 0 Å². The second kappa shape index (κ2) is 4.81. The van der Waals surface area contributed by atoms with Crippen LogP contribution in [-0.2, 0) is 4.74 Å². The van der Waals surface area contributed by atoms with Gasteiger partial charge in [-0.2, -0.15) is 0 Å². The van der Waals surface area contributed by atoms with Crippen LogP contribution in [0.3, 0.4) is 0 Å². The van der Waals surface area contributed by atoms with Crippen LogP contribution in [0.25, 0.3) is 0 Å². The van der Waals surface area contributed by atoms with Gasteiger partial charge in [0.2, 0.25) is 0 Å². The molecular formula is C10H19N3O2. The molecule has 2 saturated heterocycles. The molecule has 0 aliphatic carbocycles. The molecule has 2 amide bonds. The highest BCUT2D eigenvalue weighted by Gasteiger charge is 2.27. The summed E-state index contributed by atoms with van der Waals surface area (Å²) in [5, 5.41) is 3.27. The number of morpholine rings is 1. The van der Waals surface area contributed by atoms with Gasteiger partial charge >= 0.3 is 6.03 Å². The van der Waals surface area contributed by atoms with Gasteiger partial charge in [0.25, 0.3) is 0 Å². The molecule has 1 N–H and O–H groups in total. The fourth-order valence-corrected chi connectivity index (χ4v) is 2.10. The maximum Gasteiger partial charge on any atom is 0.320 e. The van der Waals surface area contributed by atoms with Crippen molar-refractivity contribution in [2.45, 2.75) is 12.5 Å². The molecule has 86 valence electrons. The van der Waals surface area contributed by atoms with E-state index >= 15 is 0 Å². The van der Waals surface area contributed by atoms with Crippen molar-refractivity contribution in [1.29, 1.82) is 0 Å². The molecule has 2 heterocycles. The molecule has 2 aliphatic rings. The largest absolute Gasteiger partial charge is 0.378 e. The van der Waals surface area contributed by atoms with Gasteiger partial charge < -0.3 is 19.9 Å². The zero-order chi connectivity index (χ0) is 10.7.